The topological polar surface area (TPSA) is 78.5 Å². The van der Waals surface area contributed by atoms with Crippen molar-refractivity contribution < 1.29 is 28.5 Å². The first-order chi connectivity index (χ1) is 17.0. The van der Waals surface area contributed by atoms with Crippen LogP contribution < -0.4 is 29.0 Å². The molecule has 8 heteroatoms. The molecule has 190 valence electrons. The number of hydrogen-bond donors (Lipinski definition) is 1. The van der Waals surface area contributed by atoms with Crippen molar-refractivity contribution in [1.82, 2.24) is 10.2 Å². The van der Waals surface area contributed by atoms with Gasteiger partial charge in [0.15, 0.2) is 23.0 Å². The fourth-order valence-electron chi connectivity index (χ4n) is 5.15. The molecule has 1 heterocycles. The van der Waals surface area contributed by atoms with Crippen LogP contribution in [0.3, 0.4) is 0 Å². The Labute approximate surface area is 207 Å². The van der Waals surface area contributed by atoms with Gasteiger partial charge in [0.2, 0.25) is 11.7 Å². The summed E-state index contributed by atoms with van der Waals surface area (Å²) >= 11 is 0. The third-order valence-electron chi connectivity index (χ3n) is 7.12. The van der Waals surface area contributed by atoms with E-state index in [1.54, 1.807) is 35.5 Å². The number of carbonyl (C=O) groups excluding carboxylic acids is 1. The Kier molecular flexibility index (Phi) is 7.90. The third kappa shape index (κ3) is 4.98. The smallest absolute Gasteiger partial charge is 0.223 e. The van der Waals surface area contributed by atoms with Crippen molar-refractivity contribution in [2.24, 2.45) is 0 Å². The van der Waals surface area contributed by atoms with Crippen LogP contribution >= 0.6 is 0 Å². The van der Waals surface area contributed by atoms with E-state index in [-0.39, 0.29) is 5.91 Å². The lowest BCUT2D eigenvalue weighted by Crippen LogP contribution is -2.36. The van der Waals surface area contributed by atoms with Gasteiger partial charge in [-0.15, -0.1) is 0 Å². The SMILES string of the molecule is COc1cc2c(cc1OC)CCN(C(=O)CCNCC1Cc3c1cc(OC)c(OC)c3OC)CC2. The Morgan fingerprint density at radius 2 is 1.46 bits per heavy atom. The number of amides is 1. The second-order valence-electron chi connectivity index (χ2n) is 8.92. The van der Waals surface area contributed by atoms with Crippen LogP contribution in [0.15, 0.2) is 18.2 Å². The molecule has 1 amide bonds. The molecule has 2 aliphatic rings. The quantitative estimate of drug-likeness (QED) is 0.520. The predicted octanol–water partition coefficient (Wildman–Crippen LogP) is 2.98. The fourth-order valence-corrected chi connectivity index (χ4v) is 5.15. The highest BCUT2D eigenvalue weighted by Gasteiger charge is 2.33. The predicted molar refractivity (Wildman–Crippen MR) is 134 cm³/mol. The van der Waals surface area contributed by atoms with Gasteiger partial charge in [0.05, 0.1) is 35.5 Å². The number of fused-ring (bicyclic) bond motifs is 2. The Hall–Kier alpha value is -3.13. The van der Waals surface area contributed by atoms with Gasteiger partial charge in [-0.05, 0) is 54.2 Å². The number of nitrogens with one attached hydrogen (secondary N) is 1. The summed E-state index contributed by atoms with van der Waals surface area (Å²) in [6.07, 6.45) is 3.04. The standard InChI is InChI=1S/C27H36N2O6/c1-31-22-13-17-7-10-29(11-8-18(17)14-23(22)32-2)25(30)6-9-28-16-19-12-21-20(19)15-24(33-3)27(35-5)26(21)34-4/h13-15,19,28H,6-12,16H2,1-5H3. The van der Waals surface area contributed by atoms with E-state index in [9.17, 15) is 4.79 Å². The van der Waals surface area contributed by atoms with Crippen molar-refractivity contribution >= 4 is 5.91 Å². The van der Waals surface area contributed by atoms with Crippen LogP contribution in [-0.2, 0) is 24.1 Å². The second-order valence-corrected chi connectivity index (χ2v) is 8.92. The zero-order valence-corrected chi connectivity index (χ0v) is 21.4. The van der Waals surface area contributed by atoms with Crippen molar-refractivity contribution in [3.05, 3.63) is 40.5 Å². The van der Waals surface area contributed by atoms with Gasteiger partial charge in [0, 0.05) is 44.1 Å². The summed E-state index contributed by atoms with van der Waals surface area (Å²) in [5, 5.41) is 3.47. The van der Waals surface area contributed by atoms with E-state index in [4.69, 9.17) is 23.7 Å². The van der Waals surface area contributed by atoms with E-state index >= 15 is 0 Å². The molecule has 2 aromatic carbocycles. The first-order valence-corrected chi connectivity index (χ1v) is 12.1. The van der Waals surface area contributed by atoms with Crippen LogP contribution in [0.5, 0.6) is 28.7 Å². The number of ether oxygens (including phenoxy) is 5. The lowest BCUT2D eigenvalue weighted by molar-refractivity contribution is -0.131. The maximum atomic E-state index is 12.9. The van der Waals surface area contributed by atoms with Gasteiger partial charge in [-0.3, -0.25) is 4.79 Å². The number of nitrogens with zero attached hydrogens (tertiary/aromatic N) is 1. The summed E-state index contributed by atoms with van der Waals surface area (Å²) in [6, 6.07) is 6.12. The largest absolute Gasteiger partial charge is 0.493 e. The highest BCUT2D eigenvalue weighted by molar-refractivity contribution is 5.76. The second kappa shape index (κ2) is 11.1. The van der Waals surface area contributed by atoms with E-state index in [0.29, 0.717) is 30.4 Å². The van der Waals surface area contributed by atoms with Crippen molar-refractivity contribution in [3.8, 4) is 28.7 Å². The molecule has 1 atom stereocenters. The molecular formula is C27H36N2O6. The fraction of sp³-hybridized carbons (Fsp3) is 0.519. The Bertz CT molecular complexity index is 1040. The molecule has 1 aliphatic carbocycles. The minimum Gasteiger partial charge on any atom is -0.493 e. The van der Waals surface area contributed by atoms with Crippen LogP contribution in [0.1, 0.15) is 34.6 Å². The average Bonchev–Trinajstić information content (AvgIpc) is 3.09. The molecular weight excluding hydrogens is 448 g/mol. The molecule has 0 bridgehead atoms. The van der Waals surface area contributed by atoms with E-state index in [2.05, 4.69) is 5.32 Å². The van der Waals surface area contributed by atoms with Gasteiger partial charge < -0.3 is 33.9 Å². The number of rotatable bonds is 10. The molecule has 0 fully saturated rings. The van der Waals surface area contributed by atoms with Crippen molar-refractivity contribution in [2.75, 3.05) is 61.7 Å². The van der Waals surface area contributed by atoms with Gasteiger partial charge in [-0.2, -0.15) is 0 Å². The van der Waals surface area contributed by atoms with Crippen LogP contribution in [-0.4, -0.2) is 72.5 Å². The zero-order chi connectivity index (χ0) is 24.9. The normalized spacial score (nSPS) is 16.4. The molecule has 1 aliphatic heterocycles. The minimum atomic E-state index is 0.186. The maximum absolute atomic E-state index is 12.9. The van der Waals surface area contributed by atoms with Crippen molar-refractivity contribution in [2.45, 2.75) is 31.6 Å². The van der Waals surface area contributed by atoms with E-state index in [0.717, 1.165) is 56.1 Å². The molecule has 35 heavy (non-hydrogen) atoms. The van der Waals surface area contributed by atoms with Crippen LogP contribution in [0.4, 0.5) is 0 Å². The highest BCUT2D eigenvalue weighted by Crippen LogP contribution is 2.50. The lowest BCUT2D eigenvalue weighted by atomic mass is 9.76. The highest BCUT2D eigenvalue weighted by atomic mass is 16.5. The van der Waals surface area contributed by atoms with Crippen LogP contribution in [0.25, 0.3) is 0 Å². The summed E-state index contributed by atoms with van der Waals surface area (Å²) in [4.78, 5) is 14.9. The molecule has 2 aromatic rings. The van der Waals surface area contributed by atoms with E-state index < -0.39 is 0 Å². The van der Waals surface area contributed by atoms with Crippen LogP contribution in [0.2, 0.25) is 0 Å². The van der Waals surface area contributed by atoms with Crippen LogP contribution in [0, 0.1) is 0 Å². The monoisotopic (exact) mass is 484 g/mol. The Balaban J connectivity index is 1.28. The first-order valence-electron chi connectivity index (χ1n) is 12.1. The van der Waals surface area contributed by atoms with E-state index in [1.165, 1.54) is 22.3 Å². The Morgan fingerprint density at radius 3 is 2.00 bits per heavy atom. The number of hydrogen-bond acceptors (Lipinski definition) is 7. The molecule has 0 aromatic heterocycles. The number of benzene rings is 2. The average molecular weight is 485 g/mol. The van der Waals surface area contributed by atoms with Gasteiger partial charge in [-0.1, -0.05) is 0 Å². The molecule has 1 N–H and O–H groups in total. The van der Waals surface area contributed by atoms with Gasteiger partial charge in [0.25, 0.3) is 0 Å². The summed E-state index contributed by atoms with van der Waals surface area (Å²) in [7, 11) is 8.21. The third-order valence-corrected chi connectivity index (χ3v) is 7.12. The molecule has 0 spiro atoms. The Morgan fingerprint density at radius 1 is 0.857 bits per heavy atom. The van der Waals surface area contributed by atoms with Crippen molar-refractivity contribution in [3.63, 3.8) is 0 Å². The minimum absolute atomic E-state index is 0.186. The van der Waals surface area contributed by atoms with E-state index in [1.807, 2.05) is 23.1 Å². The maximum Gasteiger partial charge on any atom is 0.223 e. The molecule has 1 unspecified atom stereocenters. The molecule has 0 radical (unpaired) electrons. The summed E-state index contributed by atoms with van der Waals surface area (Å²) in [6.45, 7) is 2.90. The zero-order valence-electron chi connectivity index (χ0n) is 21.4. The lowest BCUT2D eigenvalue weighted by Gasteiger charge is -2.33. The summed E-state index contributed by atoms with van der Waals surface area (Å²) < 4.78 is 27.4. The number of carbonyl (C=O) groups is 1. The molecule has 4 rings (SSSR count). The van der Waals surface area contributed by atoms with Gasteiger partial charge in [-0.25, -0.2) is 0 Å². The first kappa shape index (κ1) is 25.0. The summed E-state index contributed by atoms with van der Waals surface area (Å²) in [5.74, 6) is 4.11. The molecule has 0 saturated carbocycles. The van der Waals surface area contributed by atoms with Gasteiger partial charge >= 0.3 is 0 Å². The molecule has 0 saturated heterocycles. The van der Waals surface area contributed by atoms with Crippen molar-refractivity contribution in [1.29, 1.82) is 0 Å². The summed E-state index contributed by atoms with van der Waals surface area (Å²) in [5.41, 5.74) is 4.84. The number of methoxy groups -OCH3 is 5. The molecule has 8 nitrogen and oxygen atoms in total. The van der Waals surface area contributed by atoms with Gasteiger partial charge in [0.1, 0.15) is 0 Å².